The first kappa shape index (κ1) is 15.6. The van der Waals surface area contributed by atoms with Crippen LogP contribution in [0.3, 0.4) is 0 Å². The molecule has 23 heavy (non-hydrogen) atoms. The van der Waals surface area contributed by atoms with Crippen molar-refractivity contribution in [1.29, 1.82) is 0 Å². The third-order valence-corrected chi connectivity index (χ3v) is 4.88. The second-order valence-corrected chi connectivity index (χ2v) is 6.75. The average Bonchev–Trinajstić information content (AvgIpc) is 3.12. The van der Waals surface area contributed by atoms with E-state index < -0.39 is 0 Å². The van der Waals surface area contributed by atoms with Gasteiger partial charge in [-0.3, -0.25) is 4.79 Å². The number of hydrogen-bond acceptors (Lipinski definition) is 3. The zero-order chi connectivity index (χ0) is 16.4. The summed E-state index contributed by atoms with van der Waals surface area (Å²) >= 11 is 1.70. The quantitative estimate of drug-likeness (QED) is 0.521. The summed E-state index contributed by atoms with van der Waals surface area (Å²) in [5, 5.41) is 7.30. The molecule has 0 aromatic carbocycles. The van der Waals surface area contributed by atoms with E-state index >= 15 is 0 Å². The number of carbonyl (C=O) groups is 1. The van der Waals surface area contributed by atoms with E-state index in [9.17, 15) is 4.79 Å². The van der Waals surface area contributed by atoms with E-state index in [1.807, 2.05) is 36.9 Å². The van der Waals surface area contributed by atoms with Gasteiger partial charge >= 0.3 is 0 Å². The molecule has 0 saturated carbocycles. The normalized spacial score (nSPS) is 13.6. The lowest BCUT2D eigenvalue weighted by Crippen LogP contribution is -2.37. The van der Waals surface area contributed by atoms with Crippen molar-refractivity contribution < 1.29 is 4.79 Å². The number of carbonyl (C=O) groups excluding carboxylic acids is 1. The number of fused-ring (bicyclic) bond motifs is 1. The molecule has 1 N–H and O–H groups in total. The van der Waals surface area contributed by atoms with Crippen molar-refractivity contribution in [2.75, 3.05) is 6.54 Å². The molecule has 0 amide bonds. The molecule has 0 radical (unpaired) electrons. The van der Waals surface area contributed by atoms with E-state index in [2.05, 4.69) is 35.5 Å². The summed E-state index contributed by atoms with van der Waals surface area (Å²) in [6.07, 6.45) is 9.81. The molecule has 118 valence electrons. The van der Waals surface area contributed by atoms with Gasteiger partial charge in [-0.05, 0) is 48.6 Å². The standard InChI is InChI=1S/C19H20N2OS/c1-4-8-21-12-17(16-11-20-7-5-18(16)21)19(22)13(2)10-15-6-9-23-14(15)3/h4-6,9-12,20H,1,7-8H2,2-3H3/b13-10+. The van der Waals surface area contributed by atoms with E-state index in [4.69, 9.17) is 0 Å². The second kappa shape index (κ2) is 6.42. The highest BCUT2D eigenvalue weighted by atomic mass is 32.1. The first-order chi connectivity index (χ1) is 11.1. The zero-order valence-corrected chi connectivity index (χ0v) is 14.2. The summed E-state index contributed by atoms with van der Waals surface area (Å²) < 4.78 is 2.08. The summed E-state index contributed by atoms with van der Waals surface area (Å²) in [4.78, 5) is 14.1. The van der Waals surface area contributed by atoms with E-state index in [0.717, 1.165) is 33.8 Å². The maximum absolute atomic E-state index is 12.9. The van der Waals surface area contributed by atoms with Crippen LogP contribution in [-0.4, -0.2) is 16.9 Å². The molecule has 0 bridgehead atoms. The molecule has 3 heterocycles. The third kappa shape index (κ3) is 2.94. The van der Waals surface area contributed by atoms with Gasteiger partial charge in [-0.2, -0.15) is 0 Å². The van der Waals surface area contributed by atoms with Crippen LogP contribution in [-0.2, 0) is 6.54 Å². The van der Waals surface area contributed by atoms with Crippen molar-refractivity contribution in [2.24, 2.45) is 0 Å². The maximum atomic E-state index is 12.9. The molecule has 0 atom stereocenters. The van der Waals surface area contributed by atoms with Crippen molar-refractivity contribution in [1.82, 2.24) is 9.88 Å². The number of hydrogen-bond donors (Lipinski definition) is 1. The first-order valence-electron chi connectivity index (χ1n) is 7.62. The van der Waals surface area contributed by atoms with Crippen LogP contribution in [0.5, 0.6) is 0 Å². The molecule has 2 aromatic rings. The molecular formula is C19H20N2OS. The zero-order valence-electron chi connectivity index (χ0n) is 13.4. The molecule has 4 heteroatoms. The number of thiophene rings is 1. The van der Waals surface area contributed by atoms with Gasteiger partial charge in [-0.25, -0.2) is 0 Å². The summed E-state index contributed by atoms with van der Waals surface area (Å²) in [5.74, 6) is 0.0722. The number of aryl methyl sites for hydroxylation is 1. The molecular weight excluding hydrogens is 304 g/mol. The topological polar surface area (TPSA) is 34.0 Å². The van der Waals surface area contributed by atoms with Gasteiger partial charge in [0.25, 0.3) is 0 Å². The van der Waals surface area contributed by atoms with Crippen LogP contribution < -0.4 is 15.9 Å². The number of Topliss-reactive ketones (excluding diaryl/α,β-unsaturated/α-hetero) is 1. The Hall–Kier alpha value is -2.33. The smallest absolute Gasteiger partial charge is 0.190 e. The minimum absolute atomic E-state index is 0.0722. The largest absolute Gasteiger partial charge is 0.387 e. The first-order valence-corrected chi connectivity index (χ1v) is 8.50. The van der Waals surface area contributed by atoms with Crippen LogP contribution in [0.25, 0.3) is 18.4 Å². The Labute approximate surface area is 140 Å². The van der Waals surface area contributed by atoms with Crippen LogP contribution in [0, 0.1) is 6.92 Å². The number of rotatable bonds is 5. The number of aromatic nitrogens is 1. The highest BCUT2D eigenvalue weighted by molar-refractivity contribution is 7.10. The number of ketones is 1. The molecule has 3 nitrogen and oxygen atoms in total. The monoisotopic (exact) mass is 324 g/mol. The number of nitrogens with zero attached hydrogens (tertiary/aromatic N) is 1. The Morgan fingerprint density at radius 3 is 3.04 bits per heavy atom. The predicted molar refractivity (Wildman–Crippen MR) is 97.8 cm³/mol. The van der Waals surface area contributed by atoms with Crippen LogP contribution in [0.15, 0.2) is 35.9 Å². The highest BCUT2D eigenvalue weighted by Gasteiger charge is 2.15. The van der Waals surface area contributed by atoms with Gasteiger partial charge in [-0.15, -0.1) is 17.9 Å². The van der Waals surface area contributed by atoms with Crippen molar-refractivity contribution >= 4 is 35.5 Å². The van der Waals surface area contributed by atoms with Crippen molar-refractivity contribution in [3.63, 3.8) is 0 Å². The Bertz CT molecular complexity index is 912. The van der Waals surface area contributed by atoms with Gasteiger partial charge in [-0.1, -0.05) is 6.08 Å². The average molecular weight is 324 g/mol. The van der Waals surface area contributed by atoms with Gasteiger partial charge in [0.1, 0.15) is 0 Å². The molecule has 0 aliphatic carbocycles. The number of nitrogens with one attached hydrogen (secondary N) is 1. The van der Waals surface area contributed by atoms with Gasteiger partial charge < -0.3 is 9.88 Å². The van der Waals surface area contributed by atoms with E-state index in [0.29, 0.717) is 6.54 Å². The Balaban J connectivity index is 2.06. The number of allylic oxidation sites excluding steroid dienone is 2. The van der Waals surface area contributed by atoms with E-state index in [1.54, 1.807) is 11.3 Å². The lowest BCUT2D eigenvalue weighted by atomic mass is 10.0. The van der Waals surface area contributed by atoms with Crippen LogP contribution in [0.2, 0.25) is 0 Å². The van der Waals surface area contributed by atoms with Gasteiger partial charge in [0.15, 0.2) is 5.78 Å². The molecule has 0 saturated heterocycles. The maximum Gasteiger partial charge on any atom is 0.190 e. The lowest BCUT2D eigenvalue weighted by molar-refractivity contribution is 0.103. The van der Waals surface area contributed by atoms with Gasteiger partial charge in [0.05, 0.1) is 0 Å². The Morgan fingerprint density at radius 1 is 1.52 bits per heavy atom. The van der Waals surface area contributed by atoms with Crippen LogP contribution >= 0.6 is 11.3 Å². The molecule has 2 aromatic heterocycles. The van der Waals surface area contributed by atoms with E-state index in [-0.39, 0.29) is 5.78 Å². The van der Waals surface area contributed by atoms with Gasteiger partial charge in [0, 0.05) is 46.5 Å². The molecule has 3 rings (SSSR count). The lowest BCUT2D eigenvalue weighted by Gasteiger charge is -2.03. The van der Waals surface area contributed by atoms with Crippen LogP contribution in [0.4, 0.5) is 0 Å². The fourth-order valence-electron chi connectivity index (χ4n) is 2.81. The molecule has 1 aliphatic heterocycles. The molecule has 0 spiro atoms. The highest BCUT2D eigenvalue weighted by Crippen LogP contribution is 2.19. The summed E-state index contributed by atoms with van der Waals surface area (Å²) in [6, 6.07) is 2.05. The van der Waals surface area contributed by atoms with Crippen molar-refractivity contribution in [2.45, 2.75) is 20.4 Å². The minimum Gasteiger partial charge on any atom is -0.387 e. The van der Waals surface area contributed by atoms with Crippen LogP contribution in [0.1, 0.15) is 27.7 Å². The minimum atomic E-state index is 0.0722. The summed E-state index contributed by atoms with van der Waals surface area (Å²) in [5.41, 5.74) is 2.62. The van der Waals surface area contributed by atoms with Crippen molar-refractivity contribution in [3.05, 3.63) is 62.4 Å². The summed E-state index contributed by atoms with van der Waals surface area (Å²) in [7, 11) is 0. The molecule has 0 fully saturated rings. The second-order valence-electron chi connectivity index (χ2n) is 5.63. The molecule has 1 aliphatic rings. The third-order valence-electron chi connectivity index (χ3n) is 4.02. The fraction of sp³-hybridized carbons (Fsp3) is 0.211. The Kier molecular flexibility index (Phi) is 4.35. The summed E-state index contributed by atoms with van der Waals surface area (Å²) in [6.45, 7) is 9.24. The SMILES string of the molecule is C=CCn1cc(C(=O)/C(C)=C/c2ccsc2C)c2c1=CCNC=2. The molecule has 0 unspecified atom stereocenters. The fourth-order valence-corrected chi connectivity index (χ4v) is 3.49. The van der Waals surface area contributed by atoms with Crippen molar-refractivity contribution in [3.8, 4) is 0 Å². The van der Waals surface area contributed by atoms with E-state index in [1.165, 1.54) is 4.88 Å². The Morgan fingerprint density at radius 2 is 2.35 bits per heavy atom. The van der Waals surface area contributed by atoms with Gasteiger partial charge in [0.2, 0.25) is 0 Å². The predicted octanol–water partition coefficient (Wildman–Crippen LogP) is 2.45.